The number of fused-ring (bicyclic) bond motifs is 1. The van der Waals surface area contributed by atoms with Crippen molar-refractivity contribution >= 4 is 28.6 Å². The Morgan fingerprint density at radius 3 is 2.80 bits per heavy atom. The lowest BCUT2D eigenvalue weighted by Crippen LogP contribution is -2.43. The molecular formula is C19H25N3OS2. The van der Waals surface area contributed by atoms with E-state index in [-0.39, 0.29) is 5.92 Å². The molecule has 0 unspecified atom stereocenters. The number of carbonyl (C=O) groups excluding carboxylic acids is 1. The van der Waals surface area contributed by atoms with Crippen LogP contribution in [0.2, 0.25) is 0 Å². The predicted octanol–water partition coefficient (Wildman–Crippen LogP) is 3.62. The van der Waals surface area contributed by atoms with Gasteiger partial charge in [0.15, 0.2) is 0 Å². The van der Waals surface area contributed by atoms with Crippen LogP contribution in [-0.2, 0) is 24.3 Å². The first-order valence-electron chi connectivity index (χ1n) is 9.09. The minimum Gasteiger partial charge on any atom is -0.338 e. The summed E-state index contributed by atoms with van der Waals surface area (Å²) in [6.07, 6.45) is 3.01. The molecule has 1 amide bonds. The Labute approximate surface area is 157 Å². The van der Waals surface area contributed by atoms with Crippen molar-refractivity contribution in [2.75, 3.05) is 19.6 Å². The van der Waals surface area contributed by atoms with Crippen molar-refractivity contribution in [1.29, 1.82) is 0 Å². The molecule has 4 nitrogen and oxygen atoms in total. The average Bonchev–Trinajstić information content (AvgIpc) is 3.20. The van der Waals surface area contributed by atoms with Crippen LogP contribution in [-0.4, -0.2) is 40.3 Å². The predicted molar refractivity (Wildman–Crippen MR) is 103 cm³/mol. The molecule has 0 spiro atoms. The van der Waals surface area contributed by atoms with Crippen LogP contribution < -0.4 is 0 Å². The molecule has 0 saturated carbocycles. The number of amides is 1. The summed E-state index contributed by atoms with van der Waals surface area (Å²) in [5, 5.41) is 3.30. The molecule has 2 aliphatic heterocycles. The summed E-state index contributed by atoms with van der Waals surface area (Å²) >= 11 is 3.64. The number of rotatable bonds is 3. The molecule has 1 saturated heterocycles. The first kappa shape index (κ1) is 17.2. The summed E-state index contributed by atoms with van der Waals surface area (Å²) in [5.74, 6) is 0.585. The maximum Gasteiger partial charge on any atom is 0.226 e. The SMILES string of the molecule is Cc1nc(C)c(CN2CCC(C(=O)N3CCc4sccc4C3)CC2)s1. The Bertz CT molecular complexity index is 759. The van der Waals surface area contributed by atoms with Crippen LogP contribution in [0.1, 0.15) is 38.9 Å². The zero-order valence-corrected chi connectivity index (χ0v) is 16.6. The van der Waals surface area contributed by atoms with E-state index in [4.69, 9.17) is 0 Å². The summed E-state index contributed by atoms with van der Waals surface area (Å²) in [7, 11) is 0. The van der Waals surface area contributed by atoms with Crippen LogP contribution in [0.4, 0.5) is 0 Å². The van der Waals surface area contributed by atoms with Gasteiger partial charge in [-0.1, -0.05) is 0 Å². The Morgan fingerprint density at radius 2 is 2.08 bits per heavy atom. The van der Waals surface area contributed by atoms with E-state index in [2.05, 4.69) is 40.1 Å². The van der Waals surface area contributed by atoms with Crippen LogP contribution >= 0.6 is 22.7 Å². The fraction of sp³-hybridized carbons (Fsp3) is 0.579. The van der Waals surface area contributed by atoms with Gasteiger partial charge < -0.3 is 4.90 Å². The zero-order valence-electron chi connectivity index (χ0n) is 15.0. The monoisotopic (exact) mass is 375 g/mol. The molecule has 4 rings (SSSR count). The molecule has 0 N–H and O–H groups in total. The van der Waals surface area contributed by atoms with Gasteiger partial charge in [-0.2, -0.15) is 0 Å². The first-order chi connectivity index (χ1) is 12.1. The highest BCUT2D eigenvalue weighted by Gasteiger charge is 2.30. The third kappa shape index (κ3) is 3.66. The fourth-order valence-electron chi connectivity index (χ4n) is 3.96. The quantitative estimate of drug-likeness (QED) is 0.822. The summed E-state index contributed by atoms with van der Waals surface area (Å²) in [4.78, 5) is 24.9. The molecular weight excluding hydrogens is 350 g/mol. The minimum absolute atomic E-state index is 0.209. The molecule has 0 bridgehead atoms. The molecule has 25 heavy (non-hydrogen) atoms. The van der Waals surface area contributed by atoms with Gasteiger partial charge in [0, 0.05) is 35.3 Å². The van der Waals surface area contributed by atoms with Crippen molar-refractivity contribution in [3.8, 4) is 0 Å². The van der Waals surface area contributed by atoms with Crippen LogP contribution in [0.5, 0.6) is 0 Å². The molecule has 2 aromatic rings. The highest BCUT2D eigenvalue weighted by Crippen LogP contribution is 2.28. The van der Waals surface area contributed by atoms with E-state index >= 15 is 0 Å². The van der Waals surface area contributed by atoms with Crippen LogP contribution in [0.25, 0.3) is 0 Å². The topological polar surface area (TPSA) is 36.4 Å². The third-order valence-electron chi connectivity index (χ3n) is 5.42. The fourth-order valence-corrected chi connectivity index (χ4v) is 5.83. The maximum atomic E-state index is 12.9. The standard InChI is InChI=1S/C19H25N3OS2/c1-13-18(25-14(2)20-13)12-21-7-3-15(4-8-21)19(23)22-9-5-17-16(11-22)6-10-24-17/h6,10,15H,3-5,7-9,11-12H2,1-2H3. The summed E-state index contributed by atoms with van der Waals surface area (Å²) in [6, 6.07) is 2.18. The van der Waals surface area contributed by atoms with Crippen molar-refractivity contribution in [3.05, 3.63) is 37.5 Å². The molecule has 2 aromatic heterocycles. The van der Waals surface area contributed by atoms with Gasteiger partial charge in [0.05, 0.1) is 10.7 Å². The van der Waals surface area contributed by atoms with Gasteiger partial charge in [0.1, 0.15) is 0 Å². The van der Waals surface area contributed by atoms with E-state index in [0.717, 1.165) is 57.0 Å². The summed E-state index contributed by atoms with van der Waals surface area (Å²) in [6.45, 7) is 8.91. The van der Waals surface area contributed by atoms with E-state index in [1.165, 1.54) is 21.0 Å². The second kappa shape index (κ2) is 7.17. The van der Waals surface area contributed by atoms with Gasteiger partial charge in [-0.05, 0) is 63.2 Å². The molecule has 0 atom stereocenters. The molecule has 2 aliphatic rings. The van der Waals surface area contributed by atoms with Gasteiger partial charge in [0.2, 0.25) is 5.91 Å². The van der Waals surface area contributed by atoms with Crippen molar-refractivity contribution in [3.63, 3.8) is 0 Å². The van der Waals surface area contributed by atoms with Crippen LogP contribution in [0, 0.1) is 19.8 Å². The van der Waals surface area contributed by atoms with Crippen molar-refractivity contribution in [2.45, 2.75) is 46.2 Å². The van der Waals surface area contributed by atoms with E-state index < -0.39 is 0 Å². The largest absolute Gasteiger partial charge is 0.338 e. The normalized spacial score (nSPS) is 19.2. The number of aryl methyl sites for hydroxylation is 2. The number of aromatic nitrogens is 1. The van der Waals surface area contributed by atoms with Crippen molar-refractivity contribution in [2.24, 2.45) is 5.92 Å². The number of nitrogens with zero attached hydrogens (tertiary/aromatic N) is 3. The van der Waals surface area contributed by atoms with Crippen LogP contribution in [0.15, 0.2) is 11.4 Å². The lowest BCUT2D eigenvalue weighted by atomic mass is 9.94. The van der Waals surface area contributed by atoms with E-state index in [0.29, 0.717) is 5.91 Å². The second-order valence-electron chi connectivity index (χ2n) is 7.17. The molecule has 0 radical (unpaired) electrons. The highest BCUT2D eigenvalue weighted by atomic mass is 32.1. The summed E-state index contributed by atoms with van der Waals surface area (Å²) in [5.41, 5.74) is 2.53. The van der Waals surface area contributed by atoms with Gasteiger partial charge in [-0.15, -0.1) is 22.7 Å². The van der Waals surface area contributed by atoms with E-state index in [1.807, 2.05) is 11.3 Å². The first-order valence-corrected chi connectivity index (χ1v) is 10.8. The number of likely N-dealkylation sites (tertiary alicyclic amines) is 1. The Balaban J connectivity index is 1.31. The highest BCUT2D eigenvalue weighted by molar-refractivity contribution is 7.11. The molecule has 1 fully saturated rings. The number of hydrogen-bond acceptors (Lipinski definition) is 5. The Morgan fingerprint density at radius 1 is 1.28 bits per heavy atom. The molecule has 4 heterocycles. The number of hydrogen-bond donors (Lipinski definition) is 0. The van der Waals surface area contributed by atoms with Gasteiger partial charge in [0.25, 0.3) is 0 Å². The second-order valence-corrected chi connectivity index (χ2v) is 9.46. The third-order valence-corrected chi connectivity index (χ3v) is 7.50. The van der Waals surface area contributed by atoms with Crippen molar-refractivity contribution in [1.82, 2.24) is 14.8 Å². The zero-order chi connectivity index (χ0) is 17.4. The average molecular weight is 376 g/mol. The smallest absolute Gasteiger partial charge is 0.226 e. The molecule has 0 aliphatic carbocycles. The van der Waals surface area contributed by atoms with E-state index in [1.54, 1.807) is 11.3 Å². The van der Waals surface area contributed by atoms with Crippen LogP contribution in [0.3, 0.4) is 0 Å². The lowest BCUT2D eigenvalue weighted by Gasteiger charge is -2.35. The maximum absolute atomic E-state index is 12.9. The van der Waals surface area contributed by atoms with Gasteiger partial charge in [-0.25, -0.2) is 4.98 Å². The van der Waals surface area contributed by atoms with E-state index in [9.17, 15) is 4.79 Å². The number of thiazole rings is 1. The summed E-state index contributed by atoms with van der Waals surface area (Å²) < 4.78 is 0. The minimum atomic E-state index is 0.209. The number of carbonyl (C=O) groups is 1. The number of piperidine rings is 1. The lowest BCUT2D eigenvalue weighted by molar-refractivity contribution is -0.138. The number of thiophene rings is 1. The van der Waals surface area contributed by atoms with Gasteiger partial charge >= 0.3 is 0 Å². The molecule has 6 heteroatoms. The molecule has 134 valence electrons. The molecule has 0 aromatic carbocycles. The van der Waals surface area contributed by atoms with Gasteiger partial charge in [-0.3, -0.25) is 9.69 Å². The van der Waals surface area contributed by atoms with Crippen molar-refractivity contribution < 1.29 is 4.79 Å². The Hall–Kier alpha value is -1.24. The Kier molecular flexibility index (Phi) is 4.93.